The number of amides is 2. The molecule has 7 heteroatoms. The van der Waals surface area contributed by atoms with Crippen molar-refractivity contribution in [1.29, 1.82) is 0 Å². The number of aryl methyl sites for hydroxylation is 2. The molecule has 0 aliphatic carbocycles. The number of aliphatic carboxylic acids is 1. The van der Waals surface area contributed by atoms with Gasteiger partial charge in [-0.2, -0.15) is 5.10 Å². The number of rotatable bonds is 7. The Kier molecular flexibility index (Phi) is 6.02. The van der Waals surface area contributed by atoms with E-state index in [-0.39, 0.29) is 18.4 Å². The molecule has 1 unspecified atom stereocenters. The molecule has 0 fully saturated rings. The zero-order valence-electron chi connectivity index (χ0n) is 12.1. The molecule has 1 rings (SSSR count). The van der Waals surface area contributed by atoms with Gasteiger partial charge in [0.05, 0.1) is 5.69 Å². The first-order valence-electron chi connectivity index (χ1n) is 6.67. The molecule has 3 N–H and O–H groups in total. The molecule has 0 saturated carbocycles. The summed E-state index contributed by atoms with van der Waals surface area (Å²) in [5.74, 6) is -0.953. The highest BCUT2D eigenvalue weighted by Gasteiger charge is 2.10. The first-order chi connectivity index (χ1) is 9.42. The summed E-state index contributed by atoms with van der Waals surface area (Å²) >= 11 is 0. The van der Waals surface area contributed by atoms with Crippen LogP contribution in [0.4, 0.5) is 4.79 Å². The van der Waals surface area contributed by atoms with Crippen molar-refractivity contribution in [3.05, 3.63) is 17.5 Å². The molecule has 2 amide bonds. The molecule has 0 aliphatic rings. The van der Waals surface area contributed by atoms with E-state index >= 15 is 0 Å². The van der Waals surface area contributed by atoms with Crippen LogP contribution in [0.5, 0.6) is 0 Å². The van der Waals surface area contributed by atoms with E-state index in [0.717, 1.165) is 17.7 Å². The number of carboxylic acid groups (broad SMARTS) is 1. The van der Waals surface area contributed by atoms with E-state index in [1.54, 1.807) is 11.6 Å². The fourth-order valence-corrected chi connectivity index (χ4v) is 1.90. The molecular weight excluding hydrogens is 260 g/mol. The van der Waals surface area contributed by atoms with Crippen molar-refractivity contribution in [2.24, 2.45) is 13.0 Å². The third kappa shape index (κ3) is 5.29. The lowest BCUT2D eigenvalue weighted by Crippen LogP contribution is -2.37. The average Bonchev–Trinajstić information content (AvgIpc) is 2.73. The number of nitrogens with zero attached hydrogens (tertiary/aromatic N) is 2. The average molecular weight is 282 g/mol. The molecule has 1 atom stereocenters. The van der Waals surface area contributed by atoms with E-state index in [4.69, 9.17) is 5.11 Å². The van der Waals surface area contributed by atoms with Gasteiger partial charge >= 0.3 is 12.0 Å². The third-order valence-electron chi connectivity index (χ3n) is 2.90. The molecule has 7 nitrogen and oxygen atoms in total. The van der Waals surface area contributed by atoms with Crippen LogP contribution in [0, 0.1) is 5.92 Å². The van der Waals surface area contributed by atoms with Crippen molar-refractivity contribution in [3.8, 4) is 0 Å². The molecule has 112 valence electrons. The number of nitrogens with one attached hydrogen (secondary N) is 2. The van der Waals surface area contributed by atoms with Crippen LogP contribution in [0.2, 0.25) is 0 Å². The van der Waals surface area contributed by atoms with E-state index in [1.807, 2.05) is 20.2 Å². The first kappa shape index (κ1) is 16.0. The Bertz CT molecular complexity index is 470. The lowest BCUT2D eigenvalue weighted by Gasteiger charge is -2.11. The van der Waals surface area contributed by atoms with Crippen LogP contribution in [0.1, 0.15) is 31.5 Å². The van der Waals surface area contributed by atoms with Gasteiger partial charge in [-0.15, -0.1) is 0 Å². The normalized spacial score (nSPS) is 11.9. The molecular formula is C13H22N4O3. The summed E-state index contributed by atoms with van der Waals surface area (Å²) in [5.41, 5.74) is 1.95. The first-order valence-corrected chi connectivity index (χ1v) is 6.67. The Balaban J connectivity index is 2.34. The van der Waals surface area contributed by atoms with E-state index in [0.29, 0.717) is 13.1 Å². The van der Waals surface area contributed by atoms with Crippen molar-refractivity contribution >= 4 is 12.0 Å². The molecule has 0 aromatic carbocycles. The second kappa shape index (κ2) is 7.52. The third-order valence-corrected chi connectivity index (χ3v) is 2.90. The molecule has 20 heavy (non-hydrogen) atoms. The number of urea groups is 1. The predicted octanol–water partition coefficient (Wildman–Crippen LogP) is 0.892. The maximum atomic E-state index is 11.6. The van der Waals surface area contributed by atoms with Gasteiger partial charge in [0.1, 0.15) is 0 Å². The number of hydrogen-bond donors (Lipinski definition) is 3. The Morgan fingerprint density at radius 3 is 2.75 bits per heavy atom. The van der Waals surface area contributed by atoms with Gasteiger partial charge < -0.3 is 15.7 Å². The number of aromatic nitrogens is 2. The highest BCUT2D eigenvalue weighted by molar-refractivity contribution is 5.74. The Labute approximate surface area is 118 Å². The van der Waals surface area contributed by atoms with Gasteiger partial charge in [0.25, 0.3) is 0 Å². The van der Waals surface area contributed by atoms with Crippen molar-refractivity contribution in [2.45, 2.75) is 33.2 Å². The number of carbonyl (C=O) groups excluding carboxylic acids is 1. The van der Waals surface area contributed by atoms with Crippen LogP contribution in [-0.2, 0) is 24.8 Å². The van der Waals surface area contributed by atoms with Crippen molar-refractivity contribution in [3.63, 3.8) is 0 Å². The van der Waals surface area contributed by atoms with Crippen LogP contribution < -0.4 is 10.6 Å². The Morgan fingerprint density at radius 2 is 2.15 bits per heavy atom. The van der Waals surface area contributed by atoms with Crippen LogP contribution in [0.25, 0.3) is 0 Å². The summed E-state index contributed by atoms with van der Waals surface area (Å²) in [4.78, 5) is 22.1. The molecule has 1 aromatic rings. The van der Waals surface area contributed by atoms with Gasteiger partial charge in [-0.1, -0.05) is 13.8 Å². The van der Waals surface area contributed by atoms with Crippen LogP contribution in [0.15, 0.2) is 6.20 Å². The summed E-state index contributed by atoms with van der Waals surface area (Å²) in [5, 5.41) is 18.3. The minimum atomic E-state index is -0.859. The lowest BCUT2D eigenvalue weighted by molar-refractivity contribution is -0.137. The van der Waals surface area contributed by atoms with E-state index in [2.05, 4.69) is 15.7 Å². The fraction of sp³-hybridized carbons (Fsp3) is 0.615. The maximum Gasteiger partial charge on any atom is 0.315 e. The Hall–Kier alpha value is -2.05. The fourth-order valence-electron chi connectivity index (χ4n) is 1.90. The summed E-state index contributed by atoms with van der Waals surface area (Å²) in [6.45, 7) is 4.55. The van der Waals surface area contributed by atoms with Crippen molar-refractivity contribution in [1.82, 2.24) is 20.4 Å². The molecule has 0 radical (unpaired) electrons. The number of hydrogen-bond acceptors (Lipinski definition) is 3. The van der Waals surface area contributed by atoms with Crippen molar-refractivity contribution in [2.75, 3.05) is 6.54 Å². The lowest BCUT2D eigenvalue weighted by atomic mass is 10.1. The van der Waals surface area contributed by atoms with Crippen LogP contribution in [0.3, 0.4) is 0 Å². The Morgan fingerprint density at radius 1 is 1.45 bits per heavy atom. The largest absolute Gasteiger partial charge is 0.481 e. The van der Waals surface area contributed by atoms with Gasteiger partial charge in [0.15, 0.2) is 0 Å². The van der Waals surface area contributed by atoms with Gasteiger partial charge in [-0.05, 0) is 12.3 Å². The molecule has 1 heterocycles. The predicted molar refractivity (Wildman–Crippen MR) is 74.2 cm³/mol. The minimum Gasteiger partial charge on any atom is -0.481 e. The topological polar surface area (TPSA) is 96.3 Å². The maximum absolute atomic E-state index is 11.6. The summed E-state index contributed by atoms with van der Waals surface area (Å²) in [7, 11) is 1.84. The van der Waals surface area contributed by atoms with Gasteiger partial charge in [0.2, 0.25) is 0 Å². The van der Waals surface area contributed by atoms with E-state index in [1.165, 1.54) is 0 Å². The zero-order chi connectivity index (χ0) is 15.1. The van der Waals surface area contributed by atoms with Gasteiger partial charge in [-0.3, -0.25) is 9.48 Å². The molecule has 0 aliphatic heterocycles. The SMILES string of the molecule is CCc1nn(C)cc1CNC(=O)NCC(C)CC(=O)O. The molecule has 0 bridgehead atoms. The van der Waals surface area contributed by atoms with Crippen LogP contribution >= 0.6 is 0 Å². The van der Waals surface area contributed by atoms with Gasteiger partial charge in [-0.25, -0.2) is 4.79 Å². The number of carbonyl (C=O) groups is 2. The molecule has 0 spiro atoms. The standard InChI is InChI=1S/C13H22N4O3/c1-4-11-10(8-17(3)16-11)7-15-13(20)14-6-9(2)5-12(18)19/h8-9H,4-7H2,1-3H3,(H,18,19)(H2,14,15,20). The highest BCUT2D eigenvalue weighted by atomic mass is 16.4. The van der Waals surface area contributed by atoms with Crippen molar-refractivity contribution < 1.29 is 14.7 Å². The monoisotopic (exact) mass is 282 g/mol. The molecule has 1 aromatic heterocycles. The van der Waals surface area contributed by atoms with Gasteiger partial charge in [0, 0.05) is 38.3 Å². The molecule has 0 saturated heterocycles. The van der Waals surface area contributed by atoms with E-state index in [9.17, 15) is 9.59 Å². The smallest absolute Gasteiger partial charge is 0.315 e. The van der Waals surface area contributed by atoms with Crippen LogP contribution in [-0.4, -0.2) is 33.4 Å². The summed E-state index contributed by atoms with van der Waals surface area (Å²) < 4.78 is 1.72. The second-order valence-electron chi connectivity index (χ2n) is 4.89. The van der Waals surface area contributed by atoms with E-state index < -0.39 is 5.97 Å². The number of carboxylic acids is 1. The summed E-state index contributed by atoms with van der Waals surface area (Å²) in [6.07, 6.45) is 2.74. The quantitative estimate of drug-likeness (QED) is 0.692. The minimum absolute atomic E-state index is 0.0445. The summed E-state index contributed by atoms with van der Waals surface area (Å²) in [6, 6.07) is -0.298. The highest BCUT2D eigenvalue weighted by Crippen LogP contribution is 2.06. The zero-order valence-corrected chi connectivity index (χ0v) is 12.1. The second-order valence-corrected chi connectivity index (χ2v) is 4.89.